The highest BCUT2D eigenvalue weighted by Crippen LogP contribution is 2.28. The first kappa shape index (κ1) is 24.9. The summed E-state index contributed by atoms with van der Waals surface area (Å²) in [5.74, 6) is -0.133. The van der Waals surface area contributed by atoms with Gasteiger partial charge < -0.3 is 9.64 Å². The Balaban J connectivity index is 1.62. The lowest BCUT2D eigenvalue weighted by Crippen LogP contribution is -2.52. The van der Waals surface area contributed by atoms with E-state index < -0.39 is 17.9 Å². The van der Waals surface area contributed by atoms with Crippen LogP contribution in [0.4, 0.5) is 18.9 Å². The molecule has 35 heavy (non-hydrogen) atoms. The lowest BCUT2D eigenvalue weighted by molar-refractivity contribution is -0.141. The summed E-state index contributed by atoms with van der Waals surface area (Å²) >= 11 is 0. The molecule has 2 aromatic carbocycles. The predicted molar refractivity (Wildman–Crippen MR) is 128 cm³/mol. The van der Waals surface area contributed by atoms with Crippen LogP contribution in [-0.4, -0.2) is 36.7 Å². The van der Waals surface area contributed by atoms with Crippen molar-refractivity contribution in [3.8, 4) is 0 Å². The van der Waals surface area contributed by atoms with Gasteiger partial charge in [-0.3, -0.25) is 15.1 Å². The van der Waals surface area contributed by atoms with E-state index in [0.717, 1.165) is 28.4 Å². The van der Waals surface area contributed by atoms with Crippen LogP contribution >= 0.6 is 0 Å². The molecule has 1 atom stereocenters. The zero-order chi connectivity index (χ0) is 25.0. The fraction of sp³-hybridized carbons (Fsp3) is 0.333. The van der Waals surface area contributed by atoms with E-state index in [4.69, 9.17) is 4.74 Å². The third-order valence-corrected chi connectivity index (χ3v) is 6.23. The van der Waals surface area contributed by atoms with Gasteiger partial charge in [-0.15, -0.1) is 0 Å². The number of hydrogen-bond donors (Lipinski definition) is 1. The molecular weight excluding hydrogens is 455 g/mol. The van der Waals surface area contributed by atoms with E-state index in [2.05, 4.69) is 10.3 Å². The van der Waals surface area contributed by atoms with Gasteiger partial charge in [0.1, 0.15) is 11.7 Å². The number of carbonyl (C=O) groups is 1. The van der Waals surface area contributed by atoms with Gasteiger partial charge in [-0.1, -0.05) is 42.5 Å². The summed E-state index contributed by atoms with van der Waals surface area (Å²) in [6.45, 7) is 5.36. The van der Waals surface area contributed by atoms with E-state index >= 15 is 0 Å². The Labute approximate surface area is 202 Å². The van der Waals surface area contributed by atoms with Crippen LogP contribution in [0, 0.1) is 13.8 Å². The Morgan fingerprint density at radius 1 is 1.09 bits per heavy atom. The fourth-order valence-corrected chi connectivity index (χ4v) is 3.92. The summed E-state index contributed by atoms with van der Waals surface area (Å²) in [5, 5.41) is 3.41. The molecule has 184 valence electrons. The van der Waals surface area contributed by atoms with Crippen molar-refractivity contribution < 1.29 is 22.7 Å². The van der Waals surface area contributed by atoms with Crippen LogP contribution in [0.15, 0.2) is 66.9 Å². The van der Waals surface area contributed by atoms with Crippen molar-refractivity contribution in [3.05, 3.63) is 94.8 Å². The molecule has 1 aliphatic rings. The second-order valence-corrected chi connectivity index (χ2v) is 8.80. The van der Waals surface area contributed by atoms with Crippen LogP contribution < -0.4 is 10.2 Å². The number of hydrogen-bond acceptors (Lipinski definition) is 4. The monoisotopic (exact) mass is 483 g/mol. The molecule has 1 fully saturated rings. The van der Waals surface area contributed by atoms with Gasteiger partial charge in [-0.05, 0) is 60.7 Å². The number of rotatable bonds is 8. The number of aryl methyl sites for hydroxylation is 2. The molecule has 0 radical (unpaired) electrons. The van der Waals surface area contributed by atoms with Crippen molar-refractivity contribution in [2.45, 2.75) is 38.5 Å². The molecule has 1 aromatic heterocycles. The number of pyridine rings is 1. The average Bonchev–Trinajstić information content (AvgIpc) is 2.81. The van der Waals surface area contributed by atoms with Gasteiger partial charge in [0.2, 0.25) is 5.91 Å². The van der Waals surface area contributed by atoms with E-state index in [1.165, 1.54) is 12.3 Å². The molecule has 8 heteroatoms. The van der Waals surface area contributed by atoms with Crippen LogP contribution in [0.25, 0.3) is 0 Å². The molecule has 1 aliphatic heterocycles. The molecule has 1 saturated heterocycles. The van der Waals surface area contributed by atoms with E-state index in [0.29, 0.717) is 31.7 Å². The van der Waals surface area contributed by atoms with Crippen LogP contribution in [-0.2, 0) is 22.1 Å². The van der Waals surface area contributed by atoms with Crippen LogP contribution in [0.1, 0.15) is 34.0 Å². The highest BCUT2D eigenvalue weighted by atomic mass is 19.4. The molecule has 2 heterocycles. The van der Waals surface area contributed by atoms with Crippen molar-refractivity contribution in [3.63, 3.8) is 0 Å². The van der Waals surface area contributed by atoms with Crippen LogP contribution in [0.3, 0.4) is 0 Å². The normalized spacial score (nSPS) is 14.9. The Bertz CT molecular complexity index is 1150. The van der Waals surface area contributed by atoms with Crippen molar-refractivity contribution in [2.24, 2.45) is 0 Å². The number of benzene rings is 2. The summed E-state index contributed by atoms with van der Waals surface area (Å²) in [6.07, 6.45) is -2.90. The van der Waals surface area contributed by atoms with Crippen LogP contribution in [0.5, 0.6) is 0 Å². The number of alkyl halides is 3. The van der Waals surface area contributed by atoms with Crippen molar-refractivity contribution in [1.29, 1.82) is 0 Å². The SMILES string of the molecule is Cc1ccc(N(CCc2ccc(C(F)(F)F)nc2)C(=O)[C@@H](NC2COC2)c2ccccc2)cc1C. The molecule has 0 unspecified atom stereocenters. The first-order valence-electron chi connectivity index (χ1n) is 11.5. The molecule has 0 spiro atoms. The maximum absolute atomic E-state index is 14.0. The standard InChI is InChI=1S/C27H28F3N3O2/c1-18-8-10-23(14-19(18)2)33(13-12-20-9-11-24(31-15-20)27(28,29)30)26(34)25(32-22-16-35-17-22)21-6-4-3-5-7-21/h3-11,14-15,22,25,32H,12-13,16-17H2,1-2H3/t25-/m0/s1. The van der Waals surface area contributed by atoms with Gasteiger partial charge in [0.15, 0.2) is 0 Å². The average molecular weight is 484 g/mol. The third-order valence-electron chi connectivity index (χ3n) is 6.23. The first-order chi connectivity index (χ1) is 16.7. The topological polar surface area (TPSA) is 54.5 Å². The molecule has 4 rings (SSSR count). The van der Waals surface area contributed by atoms with E-state index in [1.54, 1.807) is 4.90 Å². The largest absolute Gasteiger partial charge is 0.433 e. The second-order valence-electron chi connectivity index (χ2n) is 8.80. The summed E-state index contributed by atoms with van der Waals surface area (Å²) in [7, 11) is 0. The van der Waals surface area contributed by atoms with Gasteiger partial charge in [0, 0.05) is 18.4 Å². The number of nitrogens with zero attached hydrogens (tertiary/aromatic N) is 2. The molecule has 5 nitrogen and oxygen atoms in total. The van der Waals surface area contributed by atoms with Crippen molar-refractivity contribution in [2.75, 3.05) is 24.7 Å². The Morgan fingerprint density at radius 3 is 2.40 bits per heavy atom. The molecule has 1 amide bonds. The third kappa shape index (κ3) is 6.07. The predicted octanol–water partition coefficient (Wildman–Crippen LogP) is 5.02. The number of aromatic nitrogens is 1. The second kappa shape index (κ2) is 10.6. The fourth-order valence-electron chi connectivity index (χ4n) is 3.92. The smallest absolute Gasteiger partial charge is 0.378 e. The van der Waals surface area contributed by atoms with Crippen LogP contribution in [0.2, 0.25) is 0 Å². The number of halogens is 3. The zero-order valence-electron chi connectivity index (χ0n) is 19.7. The lowest BCUT2D eigenvalue weighted by atomic mass is 10.0. The minimum Gasteiger partial charge on any atom is -0.378 e. The van der Waals surface area contributed by atoms with E-state index in [-0.39, 0.29) is 11.9 Å². The first-order valence-corrected chi connectivity index (χ1v) is 11.5. The van der Waals surface area contributed by atoms with Crippen molar-refractivity contribution in [1.82, 2.24) is 10.3 Å². The quantitative estimate of drug-likeness (QED) is 0.489. The zero-order valence-corrected chi connectivity index (χ0v) is 19.7. The lowest BCUT2D eigenvalue weighted by Gasteiger charge is -2.34. The molecule has 0 bridgehead atoms. The summed E-state index contributed by atoms with van der Waals surface area (Å²) in [6, 6.07) is 17.2. The van der Waals surface area contributed by atoms with Gasteiger partial charge in [0.25, 0.3) is 0 Å². The minimum absolute atomic E-state index is 0.0740. The number of amides is 1. The maximum atomic E-state index is 14.0. The maximum Gasteiger partial charge on any atom is 0.433 e. The molecular formula is C27H28F3N3O2. The highest BCUT2D eigenvalue weighted by Gasteiger charge is 2.33. The van der Waals surface area contributed by atoms with E-state index in [1.807, 2.05) is 62.4 Å². The molecule has 1 N–H and O–H groups in total. The van der Waals surface area contributed by atoms with Gasteiger partial charge in [-0.25, -0.2) is 0 Å². The minimum atomic E-state index is -4.49. The van der Waals surface area contributed by atoms with E-state index in [9.17, 15) is 18.0 Å². The Morgan fingerprint density at radius 2 is 1.83 bits per heavy atom. The number of anilines is 1. The van der Waals surface area contributed by atoms with Crippen molar-refractivity contribution >= 4 is 11.6 Å². The Kier molecular flexibility index (Phi) is 7.52. The van der Waals surface area contributed by atoms with Gasteiger partial charge >= 0.3 is 6.18 Å². The number of ether oxygens (including phenoxy) is 1. The highest BCUT2D eigenvalue weighted by molar-refractivity contribution is 5.98. The number of nitrogens with one attached hydrogen (secondary N) is 1. The van der Waals surface area contributed by atoms with Gasteiger partial charge in [-0.2, -0.15) is 13.2 Å². The number of carbonyl (C=O) groups excluding carboxylic acids is 1. The molecule has 0 saturated carbocycles. The molecule has 0 aliphatic carbocycles. The Hall–Kier alpha value is -3.23. The molecule has 3 aromatic rings. The summed E-state index contributed by atoms with van der Waals surface area (Å²) in [4.78, 5) is 19.2. The van der Waals surface area contributed by atoms with Gasteiger partial charge in [0.05, 0.1) is 19.3 Å². The summed E-state index contributed by atoms with van der Waals surface area (Å²) < 4.78 is 44.0. The summed E-state index contributed by atoms with van der Waals surface area (Å²) in [5.41, 5.74) is 3.43.